The molecule has 0 bridgehead atoms. The highest BCUT2D eigenvalue weighted by atomic mass is 35.5. The number of likely N-dealkylation sites (N-methyl/N-ethyl adjacent to an activating group) is 1. The van der Waals surface area contributed by atoms with Gasteiger partial charge in [0.1, 0.15) is 11.9 Å². The lowest BCUT2D eigenvalue weighted by Crippen LogP contribution is -2.28. The lowest BCUT2D eigenvalue weighted by Gasteiger charge is -2.15. The first kappa shape index (κ1) is 10.8. The Kier molecular flexibility index (Phi) is 2.89. The van der Waals surface area contributed by atoms with Crippen LogP contribution in [-0.4, -0.2) is 12.6 Å². The van der Waals surface area contributed by atoms with Crippen molar-refractivity contribution in [3.05, 3.63) is 28.3 Å². The molecule has 0 aromatic heterocycles. The molecule has 1 aliphatic rings. The van der Waals surface area contributed by atoms with Crippen LogP contribution in [0, 0.1) is 6.92 Å². The zero-order chi connectivity index (χ0) is 11.0. The summed E-state index contributed by atoms with van der Waals surface area (Å²) in [7, 11) is 0. The summed E-state index contributed by atoms with van der Waals surface area (Å²) in [5, 5.41) is 4.21. The van der Waals surface area contributed by atoms with Gasteiger partial charge in [-0.15, -0.1) is 0 Å². The molecule has 15 heavy (non-hydrogen) atoms. The third-order valence-electron chi connectivity index (χ3n) is 2.85. The second-order valence-corrected chi connectivity index (χ2v) is 4.37. The Morgan fingerprint density at radius 3 is 2.87 bits per heavy atom. The molecule has 0 radical (unpaired) electrons. The zero-order valence-electron chi connectivity index (χ0n) is 9.30. The maximum atomic E-state index is 6.22. The van der Waals surface area contributed by atoms with Crippen molar-refractivity contribution in [2.75, 3.05) is 6.54 Å². The van der Waals surface area contributed by atoms with Gasteiger partial charge >= 0.3 is 0 Å². The van der Waals surface area contributed by atoms with Crippen LogP contribution < -0.4 is 10.1 Å². The summed E-state index contributed by atoms with van der Waals surface area (Å²) >= 11 is 6.22. The quantitative estimate of drug-likeness (QED) is 0.835. The number of hydrogen-bond donors (Lipinski definition) is 1. The number of hydrogen-bond acceptors (Lipinski definition) is 2. The van der Waals surface area contributed by atoms with Gasteiger partial charge in [0, 0.05) is 10.6 Å². The average Bonchev–Trinajstić information content (AvgIpc) is 2.53. The third-order valence-corrected chi connectivity index (χ3v) is 3.18. The highest BCUT2D eigenvalue weighted by Crippen LogP contribution is 2.43. The standard InChI is InChI=1S/C12H16ClNO/c1-4-14-11-8(3)15-12-7(2)5-6-9(13)10(11)12/h5-6,8,11,14H,4H2,1-3H3. The average molecular weight is 226 g/mol. The molecule has 3 heteroatoms. The van der Waals surface area contributed by atoms with E-state index in [0.717, 1.165) is 28.4 Å². The first-order valence-corrected chi connectivity index (χ1v) is 5.72. The van der Waals surface area contributed by atoms with Crippen LogP contribution in [0.5, 0.6) is 5.75 Å². The van der Waals surface area contributed by atoms with E-state index in [2.05, 4.69) is 26.1 Å². The first-order chi connectivity index (χ1) is 7.15. The Bertz CT molecular complexity index is 378. The predicted molar refractivity (Wildman–Crippen MR) is 62.7 cm³/mol. The zero-order valence-corrected chi connectivity index (χ0v) is 10.1. The molecule has 2 rings (SSSR count). The Hall–Kier alpha value is -0.730. The molecule has 0 aliphatic carbocycles. The maximum Gasteiger partial charge on any atom is 0.129 e. The van der Waals surface area contributed by atoms with E-state index in [1.165, 1.54) is 0 Å². The number of halogens is 1. The van der Waals surface area contributed by atoms with E-state index in [1.807, 2.05) is 12.1 Å². The van der Waals surface area contributed by atoms with E-state index in [-0.39, 0.29) is 12.1 Å². The van der Waals surface area contributed by atoms with E-state index in [1.54, 1.807) is 0 Å². The topological polar surface area (TPSA) is 21.3 Å². The van der Waals surface area contributed by atoms with Crippen LogP contribution in [0.3, 0.4) is 0 Å². The molecule has 2 unspecified atom stereocenters. The molecule has 2 atom stereocenters. The van der Waals surface area contributed by atoms with Crippen molar-refractivity contribution in [3.63, 3.8) is 0 Å². The molecule has 1 heterocycles. The largest absolute Gasteiger partial charge is 0.488 e. The van der Waals surface area contributed by atoms with Gasteiger partial charge in [0.15, 0.2) is 0 Å². The second kappa shape index (κ2) is 4.03. The molecule has 0 saturated heterocycles. The molecule has 0 fully saturated rings. The lowest BCUT2D eigenvalue weighted by atomic mass is 10.0. The van der Waals surface area contributed by atoms with Crippen molar-refractivity contribution in [3.8, 4) is 5.75 Å². The second-order valence-electron chi connectivity index (χ2n) is 3.97. The minimum absolute atomic E-state index is 0.151. The molecule has 1 aromatic carbocycles. The molecule has 0 spiro atoms. The van der Waals surface area contributed by atoms with Crippen LogP contribution in [-0.2, 0) is 0 Å². The van der Waals surface area contributed by atoms with Gasteiger partial charge in [-0.2, -0.15) is 0 Å². The molecule has 1 aliphatic heterocycles. The SMILES string of the molecule is CCNC1c2c(Cl)ccc(C)c2OC1C. The minimum atomic E-state index is 0.151. The Morgan fingerprint density at radius 1 is 1.47 bits per heavy atom. The fourth-order valence-electron chi connectivity index (χ4n) is 2.11. The van der Waals surface area contributed by atoms with Gasteiger partial charge in [-0.25, -0.2) is 0 Å². The molecular formula is C12H16ClNO. The van der Waals surface area contributed by atoms with Crippen molar-refractivity contribution < 1.29 is 4.74 Å². The maximum absolute atomic E-state index is 6.22. The third kappa shape index (κ3) is 1.72. The van der Waals surface area contributed by atoms with Crippen LogP contribution in [0.15, 0.2) is 12.1 Å². The Balaban J connectivity index is 2.47. The minimum Gasteiger partial charge on any atom is -0.488 e. The van der Waals surface area contributed by atoms with Gasteiger partial charge in [0.05, 0.1) is 6.04 Å². The molecule has 0 amide bonds. The number of benzene rings is 1. The molecule has 1 aromatic rings. The number of rotatable bonds is 2. The summed E-state index contributed by atoms with van der Waals surface area (Å²) in [6, 6.07) is 4.17. The summed E-state index contributed by atoms with van der Waals surface area (Å²) in [5.74, 6) is 0.959. The number of fused-ring (bicyclic) bond motifs is 1. The van der Waals surface area contributed by atoms with Crippen molar-refractivity contribution >= 4 is 11.6 Å². The predicted octanol–water partition coefficient (Wildman–Crippen LogP) is 3.08. The highest BCUT2D eigenvalue weighted by Gasteiger charge is 2.33. The Labute approximate surface area is 95.6 Å². The van der Waals surface area contributed by atoms with Crippen LogP contribution >= 0.6 is 11.6 Å². The van der Waals surface area contributed by atoms with E-state index < -0.39 is 0 Å². The van der Waals surface area contributed by atoms with E-state index in [0.29, 0.717) is 0 Å². The van der Waals surface area contributed by atoms with E-state index in [9.17, 15) is 0 Å². The van der Waals surface area contributed by atoms with Gasteiger partial charge in [0.25, 0.3) is 0 Å². The van der Waals surface area contributed by atoms with Gasteiger partial charge in [-0.05, 0) is 32.0 Å². The summed E-state index contributed by atoms with van der Waals surface area (Å²) < 4.78 is 5.84. The summed E-state index contributed by atoms with van der Waals surface area (Å²) in [6.45, 7) is 7.13. The summed E-state index contributed by atoms with van der Waals surface area (Å²) in [5.41, 5.74) is 2.27. The lowest BCUT2D eigenvalue weighted by molar-refractivity contribution is 0.210. The van der Waals surface area contributed by atoms with Crippen molar-refractivity contribution in [1.82, 2.24) is 5.32 Å². The molecular weight excluding hydrogens is 210 g/mol. The molecule has 1 N–H and O–H groups in total. The van der Waals surface area contributed by atoms with Gasteiger partial charge in [-0.1, -0.05) is 24.6 Å². The normalized spacial score (nSPS) is 23.7. The highest BCUT2D eigenvalue weighted by molar-refractivity contribution is 6.31. The number of aryl methyl sites for hydroxylation is 1. The molecule has 82 valence electrons. The van der Waals surface area contributed by atoms with Crippen LogP contribution in [0.25, 0.3) is 0 Å². The first-order valence-electron chi connectivity index (χ1n) is 5.34. The summed E-state index contributed by atoms with van der Waals surface area (Å²) in [4.78, 5) is 0. The molecule has 0 saturated carbocycles. The van der Waals surface area contributed by atoms with E-state index in [4.69, 9.17) is 16.3 Å². The van der Waals surface area contributed by atoms with Crippen molar-refractivity contribution in [1.29, 1.82) is 0 Å². The van der Waals surface area contributed by atoms with Gasteiger partial charge in [-0.3, -0.25) is 0 Å². The van der Waals surface area contributed by atoms with Crippen molar-refractivity contribution in [2.45, 2.75) is 32.9 Å². The van der Waals surface area contributed by atoms with Crippen LogP contribution in [0.1, 0.15) is 31.0 Å². The van der Waals surface area contributed by atoms with E-state index >= 15 is 0 Å². The fourth-order valence-corrected chi connectivity index (χ4v) is 2.37. The summed E-state index contributed by atoms with van der Waals surface area (Å²) in [6.07, 6.45) is 0.151. The van der Waals surface area contributed by atoms with Gasteiger partial charge in [0.2, 0.25) is 0 Å². The van der Waals surface area contributed by atoms with Crippen molar-refractivity contribution in [2.24, 2.45) is 0 Å². The fraction of sp³-hybridized carbons (Fsp3) is 0.500. The number of ether oxygens (including phenoxy) is 1. The molecule has 2 nitrogen and oxygen atoms in total. The monoisotopic (exact) mass is 225 g/mol. The van der Waals surface area contributed by atoms with Gasteiger partial charge < -0.3 is 10.1 Å². The Morgan fingerprint density at radius 2 is 2.20 bits per heavy atom. The van der Waals surface area contributed by atoms with Crippen LogP contribution in [0.4, 0.5) is 0 Å². The smallest absolute Gasteiger partial charge is 0.129 e. The number of nitrogens with one attached hydrogen (secondary N) is 1. The van der Waals surface area contributed by atoms with Crippen LogP contribution in [0.2, 0.25) is 5.02 Å².